The van der Waals surface area contributed by atoms with E-state index in [1.54, 1.807) is 12.5 Å². The predicted molar refractivity (Wildman–Crippen MR) is 146 cm³/mol. The zero-order valence-corrected chi connectivity index (χ0v) is 21.2. The Bertz CT molecular complexity index is 1490. The molecular formula is C28H27N5O3S. The smallest absolute Gasteiger partial charge is 0.152 e. The van der Waals surface area contributed by atoms with Crippen LogP contribution in [0.2, 0.25) is 0 Å². The number of anilines is 2. The Morgan fingerprint density at radius 3 is 2.62 bits per heavy atom. The largest absolute Gasteiger partial charge is 0.489 e. The lowest BCUT2D eigenvalue weighted by Gasteiger charge is -2.10. The Morgan fingerprint density at radius 2 is 1.81 bits per heavy atom. The third kappa shape index (κ3) is 6.58. The van der Waals surface area contributed by atoms with Gasteiger partial charge in [-0.2, -0.15) is 0 Å². The normalized spacial score (nSPS) is 11.9. The highest BCUT2D eigenvalue weighted by Gasteiger charge is 2.11. The van der Waals surface area contributed by atoms with Gasteiger partial charge in [-0.15, -0.1) is 0 Å². The SMILES string of the molecule is CS(=O)CCNCc1ccc(-c2cc3c(Nc4ccc(OCc5ccccc5)cc4)ncnc3cn2)o1. The minimum Gasteiger partial charge on any atom is -0.489 e. The number of rotatable bonds is 11. The lowest BCUT2D eigenvalue weighted by atomic mass is 10.2. The first-order valence-electron chi connectivity index (χ1n) is 11.9. The van der Waals surface area contributed by atoms with Gasteiger partial charge in [0.15, 0.2) is 5.76 Å². The second-order valence-corrected chi connectivity index (χ2v) is 10.0. The molecule has 1 atom stereocenters. The van der Waals surface area contributed by atoms with Gasteiger partial charge >= 0.3 is 0 Å². The first-order chi connectivity index (χ1) is 18.1. The van der Waals surface area contributed by atoms with Crippen LogP contribution in [0, 0.1) is 0 Å². The number of benzene rings is 2. The average Bonchev–Trinajstić information content (AvgIpc) is 3.40. The van der Waals surface area contributed by atoms with Crippen LogP contribution < -0.4 is 15.4 Å². The quantitative estimate of drug-likeness (QED) is 0.236. The number of hydrogen-bond donors (Lipinski definition) is 2. The molecule has 0 fully saturated rings. The Morgan fingerprint density at radius 1 is 0.973 bits per heavy atom. The summed E-state index contributed by atoms with van der Waals surface area (Å²) in [6.07, 6.45) is 4.93. The number of nitrogens with zero attached hydrogens (tertiary/aromatic N) is 3. The lowest BCUT2D eigenvalue weighted by Crippen LogP contribution is -2.19. The van der Waals surface area contributed by atoms with E-state index in [2.05, 4.69) is 25.6 Å². The molecule has 3 heterocycles. The van der Waals surface area contributed by atoms with Gasteiger partial charge in [-0.05, 0) is 48.0 Å². The highest BCUT2D eigenvalue weighted by molar-refractivity contribution is 7.84. The van der Waals surface area contributed by atoms with Crippen LogP contribution in [-0.4, -0.2) is 37.7 Å². The summed E-state index contributed by atoms with van der Waals surface area (Å²) in [6.45, 7) is 1.75. The Hall–Kier alpha value is -4.08. The molecule has 1 unspecified atom stereocenters. The molecule has 0 spiro atoms. The van der Waals surface area contributed by atoms with E-state index < -0.39 is 10.8 Å². The number of furan rings is 1. The molecule has 0 amide bonds. The van der Waals surface area contributed by atoms with E-state index in [1.807, 2.05) is 72.8 Å². The van der Waals surface area contributed by atoms with E-state index in [1.165, 1.54) is 6.33 Å². The molecule has 8 nitrogen and oxygen atoms in total. The molecule has 188 valence electrons. The van der Waals surface area contributed by atoms with Crippen LogP contribution in [-0.2, 0) is 24.0 Å². The van der Waals surface area contributed by atoms with Crippen LogP contribution >= 0.6 is 0 Å². The standard InChI is InChI=1S/C28H27N5O3S/c1-37(34)14-13-29-16-23-11-12-27(36-23)25-15-24-26(17-30-25)31-19-32-28(24)33-21-7-9-22(10-8-21)35-18-20-5-3-2-4-6-20/h2-12,15,17,19,29H,13-14,16,18H2,1H3,(H,31,32,33). The number of fused-ring (bicyclic) bond motifs is 1. The maximum absolute atomic E-state index is 11.2. The van der Waals surface area contributed by atoms with Gasteiger partial charge in [0.2, 0.25) is 0 Å². The van der Waals surface area contributed by atoms with E-state index in [-0.39, 0.29) is 0 Å². The summed E-state index contributed by atoms with van der Waals surface area (Å²) in [6, 6.07) is 23.6. The minimum atomic E-state index is -0.816. The zero-order chi connectivity index (χ0) is 25.5. The maximum Gasteiger partial charge on any atom is 0.152 e. The van der Waals surface area contributed by atoms with Gasteiger partial charge < -0.3 is 19.8 Å². The number of pyridine rings is 1. The average molecular weight is 514 g/mol. The molecule has 5 aromatic rings. The number of ether oxygens (including phenoxy) is 1. The number of nitrogens with one attached hydrogen (secondary N) is 2. The van der Waals surface area contributed by atoms with Crippen LogP contribution in [0.4, 0.5) is 11.5 Å². The fraction of sp³-hybridized carbons (Fsp3) is 0.179. The van der Waals surface area contributed by atoms with E-state index in [0.717, 1.165) is 33.7 Å². The van der Waals surface area contributed by atoms with Crippen molar-refractivity contribution in [3.8, 4) is 17.2 Å². The molecule has 0 saturated heterocycles. The maximum atomic E-state index is 11.2. The van der Waals surface area contributed by atoms with Gasteiger partial charge in [-0.1, -0.05) is 30.3 Å². The van der Waals surface area contributed by atoms with Crippen LogP contribution in [0.5, 0.6) is 5.75 Å². The molecule has 0 aliphatic heterocycles. The first-order valence-corrected chi connectivity index (χ1v) is 13.6. The fourth-order valence-corrected chi connectivity index (χ4v) is 4.18. The summed E-state index contributed by atoms with van der Waals surface area (Å²) in [7, 11) is -0.816. The third-order valence-electron chi connectivity index (χ3n) is 5.67. The van der Waals surface area contributed by atoms with Crippen molar-refractivity contribution in [1.29, 1.82) is 0 Å². The Labute approximate surface area is 217 Å². The van der Waals surface area contributed by atoms with Crippen molar-refractivity contribution in [2.24, 2.45) is 0 Å². The summed E-state index contributed by atoms with van der Waals surface area (Å²) in [5.41, 5.74) is 3.42. The summed E-state index contributed by atoms with van der Waals surface area (Å²) < 4.78 is 23.1. The monoisotopic (exact) mass is 513 g/mol. The fourth-order valence-electron chi connectivity index (χ4n) is 3.74. The van der Waals surface area contributed by atoms with Gasteiger partial charge in [0.25, 0.3) is 0 Å². The molecule has 5 rings (SSSR count). The van der Waals surface area contributed by atoms with Crippen molar-refractivity contribution in [3.63, 3.8) is 0 Å². The summed E-state index contributed by atoms with van der Waals surface area (Å²) in [5.74, 6) is 3.52. The van der Waals surface area contributed by atoms with Gasteiger partial charge in [0.1, 0.15) is 36.0 Å². The lowest BCUT2D eigenvalue weighted by molar-refractivity contribution is 0.306. The van der Waals surface area contributed by atoms with Gasteiger partial charge in [-0.25, -0.2) is 9.97 Å². The van der Waals surface area contributed by atoms with Crippen LogP contribution in [0.3, 0.4) is 0 Å². The second kappa shape index (κ2) is 11.8. The van der Waals surface area contributed by atoms with Crippen molar-refractivity contribution < 1.29 is 13.4 Å². The molecular weight excluding hydrogens is 486 g/mol. The molecule has 0 saturated carbocycles. The summed E-state index contributed by atoms with van der Waals surface area (Å²) in [4.78, 5) is 13.3. The molecule has 37 heavy (non-hydrogen) atoms. The van der Waals surface area contributed by atoms with Crippen molar-refractivity contribution in [1.82, 2.24) is 20.3 Å². The molecule has 0 radical (unpaired) electrons. The molecule has 2 aromatic carbocycles. The molecule has 0 bridgehead atoms. The van der Waals surface area contributed by atoms with Gasteiger partial charge in [0, 0.05) is 40.4 Å². The van der Waals surface area contributed by atoms with Crippen molar-refractivity contribution in [2.75, 3.05) is 23.9 Å². The van der Waals surface area contributed by atoms with Crippen LogP contribution in [0.15, 0.2) is 89.7 Å². The molecule has 2 N–H and O–H groups in total. The van der Waals surface area contributed by atoms with Gasteiger partial charge in [0.05, 0.1) is 18.3 Å². The van der Waals surface area contributed by atoms with Crippen molar-refractivity contribution in [3.05, 3.63) is 96.6 Å². The molecule has 9 heteroatoms. The van der Waals surface area contributed by atoms with E-state index >= 15 is 0 Å². The molecule has 0 aliphatic rings. The summed E-state index contributed by atoms with van der Waals surface area (Å²) in [5, 5.41) is 7.44. The topological polar surface area (TPSA) is 102 Å². The van der Waals surface area contributed by atoms with Gasteiger partial charge in [-0.3, -0.25) is 9.19 Å². The highest BCUT2D eigenvalue weighted by Crippen LogP contribution is 2.28. The van der Waals surface area contributed by atoms with Crippen molar-refractivity contribution in [2.45, 2.75) is 13.2 Å². The van der Waals surface area contributed by atoms with Crippen molar-refractivity contribution >= 4 is 33.2 Å². The molecule has 0 aliphatic carbocycles. The highest BCUT2D eigenvalue weighted by atomic mass is 32.2. The zero-order valence-electron chi connectivity index (χ0n) is 20.4. The molecule has 3 aromatic heterocycles. The Kier molecular flexibility index (Phi) is 7.83. The third-order valence-corrected chi connectivity index (χ3v) is 6.45. The van der Waals surface area contributed by atoms with Crippen LogP contribution in [0.1, 0.15) is 11.3 Å². The Balaban J connectivity index is 1.28. The number of hydrogen-bond acceptors (Lipinski definition) is 8. The second-order valence-electron chi connectivity index (χ2n) is 8.45. The van der Waals surface area contributed by atoms with Crippen LogP contribution in [0.25, 0.3) is 22.4 Å². The van der Waals surface area contributed by atoms with E-state index in [0.29, 0.717) is 42.7 Å². The van der Waals surface area contributed by atoms with E-state index in [4.69, 9.17) is 9.15 Å². The predicted octanol–water partition coefficient (Wildman–Crippen LogP) is 5.08. The first kappa shape index (κ1) is 24.6. The minimum absolute atomic E-state index is 0.518. The van der Waals surface area contributed by atoms with E-state index in [9.17, 15) is 4.21 Å². The number of aromatic nitrogens is 3. The summed E-state index contributed by atoms with van der Waals surface area (Å²) >= 11 is 0.